The molecule has 0 saturated carbocycles. The SMILES string of the molecule is C[C@H](O)[C@H]1CCN(C(=O)NCCC2Cc3ccccc3C2)C1. The van der Waals surface area contributed by atoms with Crippen molar-refractivity contribution in [2.45, 2.75) is 38.7 Å². The lowest BCUT2D eigenvalue weighted by Gasteiger charge is -2.19. The van der Waals surface area contributed by atoms with E-state index in [1.54, 1.807) is 0 Å². The Bertz CT molecular complexity index is 505. The minimum Gasteiger partial charge on any atom is -0.393 e. The Hall–Kier alpha value is -1.55. The predicted molar refractivity (Wildman–Crippen MR) is 86.7 cm³/mol. The molecule has 4 nitrogen and oxygen atoms in total. The molecule has 22 heavy (non-hydrogen) atoms. The number of aliphatic hydroxyl groups excluding tert-OH is 1. The molecule has 2 amide bonds. The fourth-order valence-electron chi connectivity index (χ4n) is 3.71. The summed E-state index contributed by atoms with van der Waals surface area (Å²) >= 11 is 0. The van der Waals surface area contributed by atoms with Crippen LogP contribution in [0.5, 0.6) is 0 Å². The predicted octanol–water partition coefficient (Wildman–Crippen LogP) is 2.20. The highest BCUT2D eigenvalue weighted by atomic mass is 16.3. The van der Waals surface area contributed by atoms with E-state index in [9.17, 15) is 9.90 Å². The number of urea groups is 1. The van der Waals surface area contributed by atoms with Gasteiger partial charge in [-0.15, -0.1) is 0 Å². The van der Waals surface area contributed by atoms with E-state index in [2.05, 4.69) is 29.6 Å². The minimum absolute atomic E-state index is 0.0265. The first-order valence-electron chi connectivity index (χ1n) is 8.41. The number of hydrogen-bond donors (Lipinski definition) is 2. The maximum Gasteiger partial charge on any atom is 0.317 e. The van der Waals surface area contributed by atoms with Crippen LogP contribution in [-0.4, -0.2) is 41.8 Å². The molecule has 2 N–H and O–H groups in total. The number of rotatable bonds is 4. The molecule has 3 rings (SSSR count). The normalized spacial score (nSPS) is 22.6. The highest BCUT2D eigenvalue weighted by Crippen LogP contribution is 2.28. The second-order valence-electron chi connectivity index (χ2n) is 6.80. The van der Waals surface area contributed by atoms with Gasteiger partial charge in [0.2, 0.25) is 0 Å². The molecular weight excluding hydrogens is 276 g/mol. The summed E-state index contributed by atoms with van der Waals surface area (Å²) in [5.74, 6) is 0.886. The molecule has 1 aliphatic carbocycles. The first kappa shape index (κ1) is 15.3. The van der Waals surface area contributed by atoms with Crippen molar-refractivity contribution in [3.05, 3.63) is 35.4 Å². The molecule has 120 valence electrons. The zero-order valence-corrected chi connectivity index (χ0v) is 13.3. The van der Waals surface area contributed by atoms with Crippen molar-refractivity contribution in [2.75, 3.05) is 19.6 Å². The Morgan fingerprint density at radius 3 is 2.64 bits per heavy atom. The number of benzene rings is 1. The molecule has 1 aromatic carbocycles. The van der Waals surface area contributed by atoms with Crippen molar-refractivity contribution in [3.8, 4) is 0 Å². The van der Waals surface area contributed by atoms with Gasteiger partial charge in [0.1, 0.15) is 0 Å². The molecule has 2 atom stereocenters. The summed E-state index contributed by atoms with van der Waals surface area (Å²) in [5, 5.41) is 12.6. The Morgan fingerprint density at radius 2 is 2.05 bits per heavy atom. The molecule has 1 fully saturated rings. The van der Waals surface area contributed by atoms with Gasteiger partial charge in [0.05, 0.1) is 6.10 Å². The van der Waals surface area contributed by atoms with Crippen molar-refractivity contribution in [3.63, 3.8) is 0 Å². The summed E-state index contributed by atoms with van der Waals surface area (Å²) in [6.45, 7) is 3.99. The molecule has 1 saturated heterocycles. The lowest BCUT2D eigenvalue weighted by Crippen LogP contribution is -2.39. The third-order valence-corrected chi connectivity index (χ3v) is 5.16. The molecule has 1 aliphatic heterocycles. The summed E-state index contributed by atoms with van der Waals surface area (Å²) < 4.78 is 0. The maximum atomic E-state index is 12.1. The Labute approximate surface area is 132 Å². The van der Waals surface area contributed by atoms with Crippen LogP contribution in [-0.2, 0) is 12.8 Å². The van der Waals surface area contributed by atoms with Gasteiger partial charge in [-0.2, -0.15) is 0 Å². The van der Waals surface area contributed by atoms with Gasteiger partial charge in [-0.3, -0.25) is 0 Å². The van der Waals surface area contributed by atoms with Crippen LogP contribution in [0.1, 0.15) is 30.9 Å². The highest BCUT2D eigenvalue weighted by Gasteiger charge is 2.29. The quantitative estimate of drug-likeness (QED) is 0.896. The average molecular weight is 302 g/mol. The molecule has 1 aromatic rings. The van der Waals surface area contributed by atoms with E-state index in [-0.39, 0.29) is 18.1 Å². The van der Waals surface area contributed by atoms with E-state index in [0.717, 1.165) is 38.8 Å². The third-order valence-electron chi connectivity index (χ3n) is 5.16. The molecule has 2 aliphatic rings. The van der Waals surface area contributed by atoms with Crippen molar-refractivity contribution in [1.82, 2.24) is 10.2 Å². The lowest BCUT2D eigenvalue weighted by atomic mass is 10.0. The van der Waals surface area contributed by atoms with Crippen LogP contribution in [0.4, 0.5) is 4.79 Å². The van der Waals surface area contributed by atoms with Crippen molar-refractivity contribution in [2.24, 2.45) is 11.8 Å². The Kier molecular flexibility index (Phi) is 4.67. The summed E-state index contributed by atoms with van der Waals surface area (Å²) in [5.41, 5.74) is 2.94. The summed E-state index contributed by atoms with van der Waals surface area (Å²) in [4.78, 5) is 14.0. The molecular formula is C18H26N2O2. The number of fused-ring (bicyclic) bond motifs is 1. The average Bonchev–Trinajstić information content (AvgIpc) is 3.13. The first-order chi connectivity index (χ1) is 10.6. The molecule has 0 bridgehead atoms. The zero-order valence-electron chi connectivity index (χ0n) is 13.3. The number of aliphatic hydroxyl groups is 1. The van der Waals surface area contributed by atoms with Crippen LogP contribution >= 0.6 is 0 Å². The fourth-order valence-corrected chi connectivity index (χ4v) is 3.71. The summed E-state index contributed by atoms with van der Waals surface area (Å²) in [7, 11) is 0. The van der Waals surface area contributed by atoms with Gasteiger partial charge in [-0.25, -0.2) is 4.79 Å². The molecule has 0 aromatic heterocycles. The summed E-state index contributed by atoms with van der Waals surface area (Å²) in [6.07, 6.45) is 3.89. The smallest absolute Gasteiger partial charge is 0.317 e. The van der Waals surface area contributed by atoms with Crippen LogP contribution < -0.4 is 5.32 Å². The number of hydrogen-bond acceptors (Lipinski definition) is 2. The molecule has 0 unspecified atom stereocenters. The second kappa shape index (κ2) is 6.69. The number of nitrogens with one attached hydrogen (secondary N) is 1. The molecule has 0 radical (unpaired) electrons. The van der Waals surface area contributed by atoms with Gasteiger partial charge in [0.15, 0.2) is 0 Å². The van der Waals surface area contributed by atoms with E-state index >= 15 is 0 Å². The highest BCUT2D eigenvalue weighted by molar-refractivity contribution is 5.74. The number of likely N-dealkylation sites (tertiary alicyclic amines) is 1. The fraction of sp³-hybridized carbons (Fsp3) is 0.611. The van der Waals surface area contributed by atoms with E-state index < -0.39 is 0 Å². The monoisotopic (exact) mass is 302 g/mol. The van der Waals surface area contributed by atoms with Gasteiger partial charge >= 0.3 is 6.03 Å². The van der Waals surface area contributed by atoms with Crippen LogP contribution in [0.2, 0.25) is 0 Å². The third kappa shape index (κ3) is 3.43. The van der Waals surface area contributed by atoms with E-state index in [1.165, 1.54) is 11.1 Å². The van der Waals surface area contributed by atoms with Crippen molar-refractivity contribution in [1.29, 1.82) is 0 Å². The first-order valence-corrected chi connectivity index (χ1v) is 8.41. The molecule has 4 heteroatoms. The van der Waals surface area contributed by atoms with Gasteiger partial charge in [-0.1, -0.05) is 24.3 Å². The largest absolute Gasteiger partial charge is 0.393 e. The standard InChI is InChI=1S/C18H26N2O2/c1-13(21)17-7-9-20(12-17)18(22)19-8-6-14-10-15-4-2-3-5-16(15)11-14/h2-5,13-14,17,21H,6-12H2,1H3,(H,19,22)/t13-,17-/m0/s1. The van der Waals surface area contributed by atoms with Gasteiger partial charge in [0, 0.05) is 25.6 Å². The van der Waals surface area contributed by atoms with Gasteiger partial charge in [-0.05, 0) is 49.7 Å². The summed E-state index contributed by atoms with van der Waals surface area (Å²) in [6, 6.07) is 8.67. The van der Waals surface area contributed by atoms with Crippen LogP contribution in [0, 0.1) is 11.8 Å². The minimum atomic E-state index is -0.324. The zero-order chi connectivity index (χ0) is 15.5. The van der Waals surface area contributed by atoms with Crippen LogP contribution in [0.25, 0.3) is 0 Å². The number of amides is 2. The number of carbonyl (C=O) groups excluding carboxylic acids is 1. The number of nitrogens with zero attached hydrogens (tertiary/aromatic N) is 1. The maximum absolute atomic E-state index is 12.1. The van der Waals surface area contributed by atoms with Crippen LogP contribution in [0.3, 0.4) is 0 Å². The Morgan fingerprint density at radius 1 is 1.36 bits per heavy atom. The number of carbonyl (C=O) groups is 1. The van der Waals surface area contributed by atoms with Gasteiger partial charge in [0.25, 0.3) is 0 Å². The van der Waals surface area contributed by atoms with Crippen LogP contribution in [0.15, 0.2) is 24.3 Å². The van der Waals surface area contributed by atoms with E-state index in [0.29, 0.717) is 12.5 Å². The lowest BCUT2D eigenvalue weighted by molar-refractivity contribution is 0.129. The van der Waals surface area contributed by atoms with Crippen molar-refractivity contribution < 1.29 is 9.90 Å². The van der Waals surface area contributed by atoms with E-state index in [4.69, 9.17) is 0 Å². The topological polar surface area (TPSA) is 52.6 Å². The molecule has 0 spiro atoms. The van der Waals surface area contributed by atoms with Crippen molar-refractivity contribution >= 4 is 6.03 Å². The second-order valence-corrected chi connectivity index (χ2v) is 6.80. The molecule has 1 heterocycles. The van der Waals surface area contributed by atoms with Gasteiger partial charge < -0.3 is 15.3 Å². The Balaban J connectivity index is 1.38. The van der Waals surface area contributed by atoms with E-state index in [1.807, 2.05) is 11.8 Å².